The van der Waals surface area contributed by atoms with E-state index < -0.39 is 0 Å². The Morgan fingerprint density at radius 3 is 2.24 bits per heavy atom. The number of carbonyl (C=O) groups is 1. The Labute approximate surface area is 148 Å². The maximum Gasteiger partial charge on any atom is 0.258 e. The van der Waals surface area contributed by atoms with E-state index in [2.05, 4.69) is 18.3 Å². The normalized spacial score (nSPS) is 11.2. The van der Waals surface area contributed by atoms with Crippen LogP contribution in [-0.2, 0) is 4.79 Å². The van der Waals surface area contributed by atoms with Crippen LogP contribution < -0.4 is 14.8 Å². The summed E-state index contributed by atoms with van der Waals surface area (Å²) < 4.78 is 11.0. The average Bonchev–Trinajstić information content (AvgIpc) is 2.65. The summed E-state index contributed by atoms with van der Waals surface area (Å²) in [7, 11) is 0. The van der Waals surface area contributed by atoms with Crippen LogP contribution in [0.2, 0.25) is 0 Å². The Bertz CT molecular complexity index is 718. The van der Waals surface area contributed by atoms with Crippen LogP contribution in [0.4, 0.5) is 0 Å². The fourth-order valence-corrected chi connectivity index (χ4v) is 2.21. The van der Waals surface area contributed by atoms with Crippen LogP contribution in [0.5, 0.6) is 11.5 Å². The van der Waals surface area contributed by atoms with Gasteiger partial charge in [-0.1, -0.05) is 19.1 Å². The minimum absolute atomic E-state index is 0.0597. The molecule has 130 valence electrons. The Morgan fingerprint density at radius 2 is 1.68 bits per heavy atom. The first-order valence-electron chi connectivity index (χ1n) is 8.27. The highest BCUT2D eigenvalue weighted by Crippen LogP contribution is 2.18. The number of nitriles is 1. The van der Waals surface area contributed by atoms with Gasteiger partial charge in [0.15, 0.2) is 6.61 Å². The Hall–Kier alpha value is -3.00. The van der Waals surface area contributed by atoms with Gasteiger partial charge in [0, 0.05) is 0 Å². The van der Waals surface area contributed by atoms with E-state index in [4.69, 9.17) is 14.7 Å². The zero-order valence-corrected chi connectivity index (χ0v) is 14.5. The first-order chi connectivity index (χ1) is 12.1. The molecule has 0 spiro atoms. The molecule has 1 amide bonds. The molecule has 0 aliphatic heterocycles. The third-order valence-corrected chi connectivity index (χ3v) is 3.58. The van der Waals surface area contributed by atoms with Crippen LogP contribution in [0.15, 0.2) is 48.5 Å². The zero-order valence-electron chi connectivity index (χ0n) is 14.5. The van der Waals surface area contributed by atoms with E-state index in [0.29, 0.717) is 17.9 Å². The van der Waals surface area contributed by atoms with Crippen LogP contribution in [-0.4, -0.2) is 19.1 Å². The predicted octanol–water partition coefficient (Wildman–Crippen LogP) is 3.60. The number of hydrogen-bond donors (Lipinski definition) is 1. The average molecular weight is 338 g/mol. The SMILES string of the molecule is CCCOc1ccc(OCC(=O)NC(C)c2ccc(C#N)cc2)cc1. The smallest absolute Gasteiger partial charge is 0.258 e. The molecule has 1 unspecified atom stereocenters. The second kappa shape index (κ2) is 9.33. The fourth-order valence-electron chi connectivity index (χ4n) is 2.21. The van der Waals surface area contributed by atoms with Gasteiger partial charge in [-0.15, -0.1) is 0 Å². The van der Waals surface area contributed by atoms with E-state index in [0.717, 1.165) is 17.7 Å². The number of nitrogens with zero attached hydrogens (tertiary/aromatic N) is 1. The molecular weight excluding hydrogens is 316 g/mol. The molecule has 2 aromatic rings. The van der Waals surface area contributed by atoms with Crippen LogP contribution in [0.3, 0.4) is 0 Å². The van der Waals surface area contributed by atoms with E-state index in [1.165, 1.54) is 0 Å². The van der Waals surface area contributed by atoms with Gasteiger partial charge in [-0.2, -0.15) is 5.26 Å². The number of carbonyl (C=O) groups excluding carboxylic acids is 1. The molecule has 25 heavy (non-hydrogen) atoms. The maximum atomic E-state index is 12.0. The van der Waals surface area contributed by atoms with Crippen molar-refractivity contribution in [3.05, 3.63) is 59.7 Å². The van der Waals surface area contributed by atoms with Gasteiger partial charge in [-0.05, 0) is 55.3 Å². The Balaban J connectivity index is 1.80. The van der Waals surface area contributed by atoms with E-state index in [-0.39, 0.29) is 18.6 Å². The lowest BCUT2D eigenvalue weighted by molar-refractivity contribution is -0.123. The topological polar surface area (TPSA) is 71.3 Å². The molecule has 0 aliphatic rings. The van der Waals surface area contributed by atoms with E-state index in [1.54, 1.807) is 24.3 Å². The van der Waals surface area contributed by atoms with Crippen molar-refractivity contribution in [1.82, 2.24) is 5.32 Å². The minimum atomic E-state index is -0.205. The van der Waals surface area contributed by atoms with Gasteiger partial charge >= 0.3 is 0 Å². The molecule has 0 bridgehead atoms. The molecular formula is C20H22N2O3. The van der Waals surface area contributed by atoms with E-state index in [1.807, 2.05) is 31.2 Å². The molecule has 0 aromatic heterocycles. The van der Waals surface area contributed by atoms with Gasteiger partial charge in [-0.25, -0.2) is 0 Å². The maximum absolute atomic E-state index is 12.0. The summed E-state index contributed by atoms with van der Waals surface area (Å²) >= 11 is 0. The van der Waals surface area contributed by atoms with Crippen molar-refractivity contribution < 1.29 is 14.3 Å². The largest absolute Gasteiger partial charge is 0.494 e. The molecule has 2 rings (SSSR count). The van der Waals surface area contributed by atoms with E-state index >= 15 is 0 Å². The van der Waals surface area contributed by atoms with Crippen molar-refractivity contribution in [3.8, 4) is 17.6 Å². The summed E-state index contributed by atoms with van der Waals surface area (Å²) in [6.45, 7) is 4.56. The van der Waals surface area contributed by atoms with Crippen molar-refractivity contribution in [2.45, 2.75) is 26.3 Å². The molecule has 1 atom stereocenters. The Morgan fingerprint density at radius 1 is 1.08 bits per heavy atom. The number of amides is 1. The second-order valence-electron chi connectivity index (χ2n) is 5.63. The molecule has 0 aliphatic carbocycles. The third kappa shape index (κ3) is 5.85. The molecule has 0 heterocycles. The fraction of sp³-hybridized carbons (Fsp3) is 0.300. The molecule has 5 nitrogen and oxygen atoms in total. The van der Waals surface area contributed by atoms with Gasteiger partial charge in [0.25, 0.3) is 5.91 Å². The van der Waals surface area contributed by atoms with Crippen molar-refractivity contribution >= 4 is 5.91 Å². The van der Waals surface area contributed by atoms with Crippen LogP contribution in [0, 0.1) is 11.3 Å². The molecule has 0 radical (unpaired) electrons. The number of rotatable bonds is 8. The van der Waals surface area contributed by atoms with Crippen LogP contribution in [0.1, 0.15) is 37.4 Å². The van der Waals surface area contributed by atoms with Gasteiger partial charge in [0.05, 0.1) is 24.3 Å². The molecule has 0 saturated carbocycles. The standard InChI is InChI=1S/C20H22N2O3/c1-3-12-24-18-8-10-19(11-9-18)25-14-20(23)22-15(2)17-6-4-16(13-21)5-7-17/h4-11,15H,3,12,14H2,1-2H3,(H,22,23). The van der Waals surface area contributed by atoms with Gasteiger partial charge in [0.2, 0.25) is 0 Å². The van der Waals surface area contributed by atoms with E-state index in [9.17, 15) is 4.79 Å². The summed E-state index contributed by atoms with van der Waals surface area (Å²) in [5.41, 5.74) is 1.53. The lowest BCUT2D eigenvalue weighted by Gasteiger charge is -2.15. The minimum Gasteiger partial charge on any atom is -0.494 e. The van der Waals surface area contributed by atoms with Gasteiger partial charge in [0.1, 0.15) is 11.5 Å². The highest BCUT2D eigenvalue weighted by atomic mass is 16.5. The summed E-state index contributed by atoms with van der Waals surface area (Å²) in [5.74, 6) is 1.20. The summed E-state index contributed by atoms with van der Waals surface area (Å²) in [4.78, 5) is 12.0. The second-order valence-corrected chi connectivity index (χ2v) is 5.63. The van der Waals surface area contributed by atoms with Gasteiger partial charge < -0.3 is 14.8 Å². The van der Waals surface area contributed by atoms with Crippen molar-refractivity contribution in [2.75, 3.05) is 13.2 Å². The molecule has 0 saturated heterocycles. The van der Waals surface area contributed by atoms with Crippen LogP contribution >= 0.6 is 0 Å². The first-order valence-corrected chi connectivity index (χ1v) is 8.27. The monoisotopic (exact) mass is 338 g/mol. The van der Waals surface area contributed by atoms with Gasteiger partial charge in [-0.3, -0.25) is 4.79 Å². The van der Waals surface area contributed by atoms with Crippen LogP contribution in [0.25, 0.3) is 0 Å². The molecule has 2 aromatic carbocycles. The molecule has 5 heteroatoms. The highest BCUT2D eigenvalue weighted by Gasteiger charge is 2.10. The number of hydrogen-bond acceptors (Lipinski definition) is 4. The summed E-state index contributed by atoms with van der Waals surface area (Å²) in [6, 6.07) is 16.2. The Kier molecular flexibility index (Phi) is 6.85. The summed E-state index contributed by atoms with van der Waals surface area (Å²) in [5, 5.41) is 11.7. The third-order valence-electron chi connectivity index (χ3n) is 3.58. The highest BCUT2D eigenvalue weighted by molar-refractivity contribution is 5.78. The number of benzene rings is 2. The van der Waals surface area contributed by atoms with Crippen molar-refractivity contribution in [2.24, 2.45) is 0 Å². The first kappa shape index (κ1) is 18.3. The molecule has 1 N–H and O–H groups in total. The quantitative estimate of drug-likeness (QED) is 0.798. The summed E-state index contributed by atoms with van der Waals surface area (Å²) in [6.07, 6.45) is 0.954. The number of ether oxygens (including phenoxy) is 2. The lowest BCUT2D eigenvalue weighted by atomic mass is 10.1. The zero-order chi connectivity index (χ0) is 18.1. The number of nitrogens with one attached hydrogen (secondary N) is 1. The van der Waals surface area contributed by atoms with Crippen molar-refractivity contribution in [3.63, 3.8) is 0 Å². The van der Waals surface area contributed by atoms with Crippen molar-refractivity contribution in [1.29, 1.82) is 5.26 Å². The predicted molar refractivity (Wildman–Crippen MR) is 95.4 cm³/mol. The molecule has 0 fully saturated rings. The lowest BCUT2D eigenvalue weighted by Crippen LogP contribution is -2.31.